The molecule has 22 heavy (non-hydrogen) atoms. The van der Waals surface area contributed by atoms with E-state index >= 15 is 0 Å². The molecule has 7 heteroatoms. The highest BCUT2D eigenvalue weighted by Gasteiger charge is 2.20. The van der Waals surface area contributed by atoms with Crippen molar-refractivity contribution in [3.8, 4) is 0 Å². The number of carbonyl (C=O) groups is 1. The van der Waals surface area contributed by atoms with Crippen LogP contribution in [0, 0.1) is 0 Å². The van der Waals surface area contributed by atoms with Gasteiger partial charge in [0.1, 0.15) is 5.03 Å². The second-order valence-corrected chi connectivity index (χ2v) is 6.80. The summed E-state index contributed by atoms with van der Waals surface area (Å²) in [5.41, 5.74) is 5.36. The maximum Gasteiger partial charge on any atom is 0.272 e. The van der Waals surface area contributed by atoms with E-state index in [1.165, 1.54) is 11.8 Å². The van der Waals surface area contributed by atoms with E-state index in [0.29, 0.717) is 16.6 Å². The molecule has 0 aliphatic heterocycles. The minimum absolute atomic E-state index is 0.255. The number of amides is 1. The van der Waals surface area contributed by atoms with E-state index < -0.39 is 5.54 Å². The zero-order valence-electron chi connectivity index (χ0n) is 12.3. The third kappa shape index (κ3) is 4.43. The highest BCUT2D eigenvalue weighted by molar-refractivity contribution is 7.99. The summed E-state index contributed by atoms with van der Waals surface area (Å²) in [6, 6.07) is 10.9. The molecule has 3 N–H and O–H groups in total. The predicted octanol–water partition coefficient (Wildman–Crippen LogP) is 2.75. The van der Waals surface area contributed by atoms with Gasteiger partial charge in [-0.2, -0.15) is 0 Å². The first kappa shape index (κ1) is 16.7. The third-order valence-electron chi connectivity index (χ3n) is 2.89. The number of benzene rings is 1. The van der Waals surface area contributed by atoms with Crippen LogP contribution < -0.4 is 11.1 Å². The molecule has 1 amide bonds. The predicted molar refractivity (Wildman–Crippen MR) is 88.2 cm³/mol. The molecular weight excluding hydrogens is 320 g/mol. The van der Waals surface area contributed by atoms with E-state index in [-0.39, 0.29) is 11.6 Å². The second kappa shape index (κ2) is 7.09. The molecule has 0 unspecified atom stereocenters. The number of aromatic nitrogens is 2. The highest BCUT2D eigenvalue weighted by atomic mass is 35.5. The molecule has 0 aliphatic rings. The molecule has 1 aromatic heterocycles. The summed E-state index contributed by atoms with van der Waals surface area (Å²) in [5.74, 6) is -0.294. The molecule has 1 heterocycles. The number of carbonyl (C=O) groups excluding carboxylic acids is 1. The third-order valence-corrected chi connectivity index (χ3v) is 4.33. The van der Waals surface area contributed by atoms with Crippen LogP contribution in [0.3, 0.4) is 0 Å². The first-order chi connectivity index (χ1) is 10.4. The Morgan fingerprint density at radius 2 is 2.00 bits per heavy atom. The van der Waals surface area contributed by atoms with E-state index in [1.807, 2.05) is 38.1 Å². The van der Waals surface area contributed by atoms with Crippen LogP contribution in [0.1, 0.15) is 24.3 Å². The van der Waals surface area contributed by atoms with Gasteiger partial charge in [-0.05, 0) is 38.1 Å². The maximum atomic E-state index is 12.0. The lowest BCUT2D eigenvalue weighted by Gasteiger charge is -2.23. The Morgan fingerprint density at radius 3 is 2.59 bits per heavy atom. The summed E-state index contributed by atoms with van der Waals surface area (Å²) in [7, 11) is 0. The summed E-state index contributed by atoms with van der Waals surface area (Å²) < 4.78 is 0. The summed E-state index contributed by atoms with van der Waals surface area (Å²) in [4.78, 5) is 12.9. The molecule has 0 radical (unpaired) electrons. The number of nitrogens with two attached hydrogens (primary N) is 1. The normalized spacial score (nSPS) is 11.3. The molecule has 116 valence electrons. The number of hydrogen-bond acceptors (Lipinski definition) is 5. The van der Waals surface area contributed by atoms with Crippen molar-refractivity contribution in [1.29, 1.82) is 0 Å². The molecular formula is C15H17ClN4OS. The standard InChI is InChI=1S/C15H17ClN4OS/c1-15(2,9-17)18-14(21)11-7-8-13(20-19-11)22-12-6-4-3-5-10(12)16/h3-8H,9,17H2,1-2H3,(H,18,21). The molecule has 0 fully saturated rings. The van der Waals surface area contributed by atoms with Crippen LogP contribution in [0.5, 0.6) is 0 Å². The lowest BCUT2D eigenvalue weighted by atomic mass is 10.1. The summed E-state index contributed by atoms with van der Waals surface area (Å²) in [5, 5.41) is 12.1. The van der Waals surface area contributed by atoms with Crippen LogP contribution in [-0.4, -0.2) is 28.2 Å². The van der Waals surface area contributed by atoms with Crippen molar-refractivity contribution in [2.75, 3.05) is 6.54 Å². The molecule has 0 atom stereocenters. The summed E-state index contributed by atoms with van der Waals surface area (Å²) in [6.45, 7) is 4.03. The number of nitrogens with one attached hydrogen (secondary N) is 1. The minimum atomic E-state index is -0.482. The quantitative estimate of drug-likeness (QED) is 0.877. The fourth-order valence-electron chi connectivity index (χ4n) is 1.56. The Balaban J connectivity index is 2.07. The van der Waals surface area contributed by atoms with Crippen molar-refractivity contribution in [2.24, 2.45) is 5.73 Å². The van der Waals surface area contributed by atoms with Gasteiger partial charge in [-0.1, -0.05) is 35.5 Å². The van der Waals surface area contributed by atoms with Gasteiger partial charge < -0.3 is 11.1 Å². The summed E-state index contributed by atoms with van der Waals surface area (Å²) >= 11 is 7.49. The second-order valence-electron chi connectivity index (χ2n) is 5.33. The number of rotatable bonds is 5. The zero-order chi connectivity index (χ0) is 16.2. The smallest absolute Gasteiger partial charge is 0.272 e. The first-order valence-electron chi connectivity index (χ1n) is 6.70. The largest absolute Gasteiger partial charge is 0.344 e. The van der Waals surface area contributed by atoms with Crippen LogP contribution in [0.15, 0.2) is 46.3 Å². The van der Waals surface area contributed by atoms with Crippen molar-refractivity contribution in [1.82, 2.24) is 15.5 Å². The fourth-order valence-corrected chi connectivity index (χ4v) is 2.56. The molecule has 2 rings (SSSR count). The van der Waals surface area contributed by atoms with Gasteiger partial charge in [0.2, 0.25) is 0 Å². The Morgan fingerprint density at radius 1 is 1.27 bits per heavy atom. The monoisotopic (exact) mass is 336 g/mol. The van der Waals surface area contributed by atoms with Crippen molar-refractivity contribution in [2.45, 2.75) is 29.3 Å². The molecule has 0 bridgehead atoms. The molecule has 5 nitrogen and oxygen atoms in total. The Hall–Kier alpha value is -1.63. The molecule has 0 saturated heterocycles. The van der Waals surface area contributed by atoms with Crippen LogP contribution in [0.25, 0.3) is 0 Å². The average Bonchev–Trinajstić information content (AvgIpc) is 2.50. The van der Waals surface area contributed by atoms with Crippen LogP contribution >= 0.6 is 23.4 Å². The van der Waals surface area contributed by atoms with Gasteiger partial charge in [0, 0.05) is 17.0 Å². The molecule has 1 aromatic carbocycles. The van der Waals surface area contributed by atoms with Crippen molar-refractivity contribution in [3.63, 3.8) is 0 Å². The van der Waals surface area contributed by atoms with Crippen LogP contribution in [-0.2, 0) is 0 Å². The van der Waals surface area contributed by atoms with Gasteiger partial charge in [-0.25, -0.2) is 0 Å². The minimum Gasteiger partial charge on any atom is -0.344 e. The highest BCUT2D eigenvalue weighted by Crippen LogP contribution is 2.31. The van der Waals surface area contributed by atoms with Gasteiger partial charge in [0.05, 0.1) is 5.02 Å². The van der Waals surface area contributed by atoms with Gasteiger partial charge in [-0.3, -0.25) is 4.79 Å². The molecule has 2 aromatic rings. The Labute approximate surface area is 138 Å². The Bertz CT molecular complexity index is 661. The van der Waals surface area contributed by atoms with Gasteiger partial charge in [0.15, 0.2) is 5.69 Å². The fraction of sp³-hybridized carbons (Fsp3) is 0.267. The van der Waals surface area contributed by atoms with Crippen molar-refractivity contribution < 1.29 is 4.79 Å². The van der Waals surface area contributed by atoms with E-state index in [9.17, 15) is 4.79 Å². The molecule has 0 spiro atoms. The van der Waals surface area contributed by atoms with Crippen molar-refractivity contribution in [3.05, 3.63) is 47.1 Å². The van der Waals surface area contributed by atoms with E-state index in [0.717, 1.165) is 4.90 Å². The lowest BCUT2D eigenvalue weighted by molar-refractivity contribution is 0.0909. The van der Waals surface area contributed by atoms with Crippen LogP contribution in [0.4, 0.5) is 0 Å². The lowest BCUT2D eigenvalue weighted by Crippen LogP contribution is -2.49. The molecule has 0 saturated carbocycles. The number of hydrogen-bond donors (Lipinski definition) is 2. The van der Waals surface area contributed by atoms with E-state index in [2.05, 4.69) is 15.5 Å². The number of halogens is 1. The number of nitrogens with zero attached hydrogens (tertiary/aromatic N) is 2. The van der Waals surface area contributed by atoms with E-state index in [4.69, 9.17) is 17.3 Å². The van der Waals surface area contributed by atoms with Gasteiger partial charge >= 0.3 is 0 Å². The molecule has 0 aliphatic carbocycles. The van der Waals surface area contributed by atoms with Gasteiger partial charge in [0.25, 0.3) is 5.91 Å². The van der Waals surface area contributed by atoms with Crippen LogP contribution in [0.2, 0.25) is 5.02 Å². The Kier molecular flexibility index (Phi) is 5.39. The topological polar surface area (TPSA) is 80.9 Å². The summed E-state index contributed by atoms with van der Waals surface area (Å²) in [6.07, 6.45) is 0. The first-order valence-corrected chi connectivity index (χ1v) is 7.89. The SMILES string of the molecule is CC(C)(CN)NC(=O)c1ccc(Sc2ccccc2Cl)nn1. The van der Waals surface area contributed by atoms with E-state index in [1.54, 1.807) is 12.1 Å². The van der Waals surface area contributed by atoms with Crippen molar-refractivity contribution >= 4 is 29.3 Å². The van der Waals surface area contributed by atoms with Gasteiger partial charge in [-0.15, -0.1) is 10.2 Å². The average molecular weight is 337 g/mol. The zero-order valence-corrected chi connectivity index (χ0v) is 13.9. The maximum absolute atomic E-state index is 12.0.